The van der Waals surface area contributed by atoms with Gasteiger partial charge in [-0.2, -0.15) is 4.31 Å². The van der Waals surface area contributed by atoms with Crippen molar-refractivity contribution < 1.29 is 13.2 Å². The van der Waals surface area contributed by atoms with Gasteiger partial charge in [0.15, 0.2) is 0 Å². The van der Waals surface area contributed by atoms with Crippen LogP contribution in [0, 0.1) is 6.92 Å². The molecule has 1 aliphatic rings. The summed E-state index contributed by atoms with van der Waals surface area (Å²) in [5.41, 5.74) is 1.82. The molecule has 0 saturated carbocycles. The van der Waals surface area contributed by atoms with Gasteiger partial charge >= 0.3 is 0 Å². The van der Waals surface area contributed by atoms with E-state index in [9.17, 15) is 13.2 Å². The Morgan fingerprint density at radius 1 is 1.14 bits per heavy atom. The molecule has 9 heteroatoms. The normalized spacial score (nSPS) is 16.1. The van der Waals surface area contributed by atoms with Crippen molar-refractivity contribution in [1.82, 2.24) is 9.21 Å². The third kappa shape index (κ3) is 5.12. The van der Waals surface area contributed by atoms with Crippen molar-refractivity contribution in [3.8, 4) is 0 Å². The zero-order chi connectivity index (χ0) is 20.3. The second kappa shape index (κ2) is 8.92. The van der Waals surface area contributed by atoms with Gasteiger partial charge in [-0.15, -0.1) is 0 Å². The molecule has 0 radical (unpaired) electrons. The molecule has 1 aliphatic heterocycles. The number of nitrogens with zero attached hydrogens (tertiary/aromatic N) is 2. The molecule has 1 N–H and O–H groups in total. The van der Waals surface area contributed by atoms with E-state index in [1.165, 1.54) is 10.4 Å². The number of sulfonamides is 1. The minimum Gasteiger partial charge on any atom is -0.324 e. The van der Waals surface area contributed by atoms with E-state index in [1.54, 1.807) is 18.2 Å². The maximum atomic E-state index is 12.7. The number of halogens is 2. The van der Waals surface area contributed by atoms with Gasteiger partial charge in [0.1, 0.15) is 0 Å². The molecule has 1 amide bonds. The number of rotatable bonds is 5. The third-order valence-corrected chi connectivity index (χ3v) is 7.32. The minimum atomic E-state index is -3.58. The summed E-state index contributed by atoms with van der Waals surface area (Å²) >= 11 is 9.36. The average molecular weight is 487 g/mol. The maximum Gasteiger partial charge on any atom is 0.243 e. The summed E-state index contributed by atoms with van der Waals surface area (Å²) < 4.78 is 27.7. The maximum absolute atomic E-state index is 12.7. The van der Waals surface area contributed by atoms with E-state index in [1.807, 2.05) is 30.0 Å². The van der Waals surface area contributed by atoms with Crippen LogP contribution in [0.2, 0.25) is 5.02 Å². The summed E-state index contributed by atoms with van der Waals surface area (Å²) in [5.74, 6) is -0.129. The van der Waals surface area contributed by atoms with E-state index in [0.29, 0.717) is 31.2 Å². The summed E-state index contributed by atoms with van der Waals surface area (Å²) in [4.78, 5) is 14.5. The lowest BCUT2D eigenvalue weighted by atomic mass is 10.2. The number of aryl methyl sites for hydroxylation is 1. The van der Waals surface area contributed by atoms with E-state index in [0.717, 1.165) is 15.7 Å². The Hall–Kier alpha value is -1.45. The van der Waals surface area contributed by atoms with Gasteiger partial charge in [0.2, 0.25) is 15.9 Å². The first-order chi connectivity index (χ1) is 13.3. The van der Waals surface area contributed by atoms with Gasteiger partial charge in [-0.05, 0) is 58.7 Å². The van der Waals surface area contributed by atoms with Crippen molar-refractivity contribution in [3.05, 3.63) is 57.5 Å². The van der Waals surface area contributed by atoms with Crippen LogP contribution in [0.25, 0.3) is 0 Å². The standard InChI is InChI=1S/C19H21BrClN3O3S/c1-14-5-6-18(17(20)11-14)22-19(25)13-23-7-9-24(10-8-23)28(26,27)16-4-2-3-15(21)12-16/h2-6,11-12H,7-10,13H2,1H3,(H,22,25). The molecule has 28 heavy (non-hydrogen) atoms. The zero-order valence-electron chi connectivity index (χ0n) is 15.4. The first-order valence-corrected chi connectivity index (χ1v) is 11.4. The Bertz CT molecular complexity index is 976. The van der Waals surface area contributed by atoms with Gasteiger partial charge < -0.3 is 5.32 Å². The van der Waals surface area contributed by atoms with Gasteiger partial charge in [0.25, 0.3) is 0 Å². The van der Waals surface area contributed by atoms with E-state index in [-0.39, 0.29) is 17.3 Å². The number of anilines is 1. The number of amides is 1. The number of carbonyl (C=O) groups is 1. The molecule has 0 aromatic heterocycles. The van der Waals surface area contributed by atoms with Crippen LogP contribution in [0.15, 0.2) is 51.8 Å². The molecular formula is C19H21BrClN3O3S. The third-order valence-electron chi connectivity index (χ3n) is 4.53. The van der Waals surface area contributed by atoms with Crippen LogP contribution in [0.5, 0.6) is 0 Å². The van der Waals surface area contributed by atoms with Gasteiger partial charge in [-0.3, -0.25) is 9.69 Å². The highest BCUT2D eigenvalue weighted by atomic mass is 79.9. The highest BCUT2D eigenvalue weighted by Crippen LogP contribution is 2.24. The molecule has 0 bridgehead atoms. The molecule has 0 unspecified atom stereocenters. The van der Waals surface area contributed by atoms with Gasteiger partial charge in [0.05, 0.1) is 17.1 Å². The van der Waals surface area contributed by atoms with Gasteiger partial charge in [-0.25, -0.2) is 8.42 Å². The number of carbonyl (C=O) groups excluding carboxylic acids is 1. The molecule has 1 fully saturated rings. The number of hydrogen-bond donors (Lipinski definition) is 1. The van der Waals surface area contributed by atoms with Gasteiger partial charge in [-0.1, -0.05) is 23.7 Å². The van der Waals surface area contributed by atoms with E-state index >= 15 is 0 Å². The lowest BCUT2D eigenvalue weighted by Gasteiger charge is -2.33. The Kier molecular flexibility index (Phi) is 6.77. The van der Waals surface area contributed by atoms with Crippen LogP contribution in [-0.4, -0.2) is 56.3 Å². The van der Waals surface area contributed by atoms with Crippen LogP contribution in [-0.2, 0) is 14.8 Å². The Balaban J connectivity index is 1.56. The SMILES string of the molecule is Cc1ccc(NC(=O)CN2CCN(S(=O)(=O)c3cccc(Cl)c3)CC2)c(Br)c1. The second-order valence-corrected chi connectivity index (χ2v) is 9.90. The highest BCUT2D eigenvalue weighted by Gasteiger charge is 2.29. The van der Waals surface area contributed by atoms with Gasteiger partial charge in [0, 0.05) is 35.7 Å². The van der Waals surface area contributed by atoms with Crippen molar-refractivity contribution in [2.24, 2.45) is 0 Å². The molecule has 1 heterocycles. The van der Waals surface area contributed by atoms with Crippen LogP contribution in [0.1, 0.15) is 5.56 Å². The highest BCUT2D eigenvalue weighted by molar-refractivity contribution is 9.10. The van der Waals surface area contributed by atoms with Crippen LogP contribution >= 0.6 is 27.5 Å². The Morgan fingerprint density at radius 3 is 2.50 bits per heavy atom. The summed E-state index contributed by atoms with van der Waals surface area (Å²) in [6.07, 6.45) is 0. The van der Waals surface area contributed by atoms with Crippen molar-refractivity contribution in [3.63, 3.8) is 0 Å². The fourth-order valence-electron chi connectivity index (χ4n) is 3.02. The van der Waals surface area contributed by atoms with Crippen LogP contribution in [0.3, 0.4) is 0 Å². The molecular weight excluding hydrogens is 466 g/mol. The molecule has 0 aliphatic carbocycles. The predicted octanol–water partition coefficient (Wildman–Crippen LogP) is 3.36. The predicted molar refractivity (Wildman–Crippen MR) is 114 cm³/mol. The topological polar surface area (TPSA) is 69.7 Å². The minimum absolute atomic E-state index is 0.129. The zero-order valence-corrected chi connectivity index (χ0v) is 18.5. The largest absolute Gasteiger partial charge is 0.324 e. The first kappa shape index (κ1) is 21.3. The molecule has 6 nitrogen and oxygen atoms in total. The quantitative estimate of drug-likeness (QED) is 0.704. The van der Waals surface area contributed by atoms with Crippen LogP contribution < -0.4 is 5.32 Å². The first-order valence-electron chi connectivity index (χ1n) is 8.80. The number of benzene rings is 2. The Morgan fingerprint density at radius 2 is 1.86 bits per heavy atom. The van der Waals surface area contributed by atoms with E-state index < -0.39 is 10.0 Å². The fraction of sp³-hybridized carbons (Fsp3) is 0.316. The molecule has 0 atom stereocenters. The lowest BCUT2D eigenvalue weighted by molar-refractivity contribution is -0.117. The average Bonchev–Trinajstić information content (AvgIpc) is 2.64. The van der Waals surface area contributed by atoms with Crippen molar-refractivity contribution >= 4 is 49.1 Å². The number of piperazine rings is 1. The monoisotopic (exact) mass is 485 g/mol. The smallest absolute Gasteiger partial charge is 0.243 e. The summed E-state index contributed by atoms with van der Waals surface area (Å²) in [5, 5.41) is 3.27. The van der Waals surface area contributed by atoms with E-state index in [2.05, 4.69) is 21.2 Å². The molecule has 1 saturated heterocycles. The molecule has 3 rings (SSSR count). The van der Waals surface area contributed by atoms with Crippen LogP contribution in [0.4, 0.5) is 5.69 Å². The van der Waals surface area contributed by atoms with Crippen molar-refractivity contribution in [2.75, 3.05) is 38.0 Å². The summed E-state index contributed by atoms with van der Waals surface area (Å²) in [6.45, 7) is 3.83. The number of nitrogens with one attached hydrogen (secondary N) is 1. The summed E-state index contributed by atoms with van der Waals surface area (Å²) in [7, 11) is -3.58. The summed E-state index contributed by atoms with van der Waals surface area (Å²) in [6, 6.07) is 12.0. The molecule has 0 spiro atoms. The number of hydrogen-bond acceptors (Lipinski definition) is 4. The molecule has 2 aromatic rings. The Labute approximate surface area is 178 Å². The van der Waals surface area contributed by atoms with Crippen molar-refractivity contribution in [2.45, 2.75) is 11.8 Å². The molecule has 150 valence electrons. The van der Waals surface area contributed by atoms with Crippen molar-refractivity contribution in [1.29, 1.82) is 0 Å². The second-order valence-electron chi connectivity index (χ2n) is 6.67. The van der Waals surface area contributed by atoms with E-state index in [4.69, 9.17) is 11.6 Å². The molecule has 2 aromatic carbocycles. The fourth-order valence-corrected chi connectivity index (χ4v) is 5.33. The lowest BCUT2D eigenvalue weighted by Crippen LogP contribution is -2.50.